The van der Waals surface area contributed by atoms with Gasteiger partial charge in [0.1, 0.15) is 5.75 Å². The van der Waals surface area contributed by atoms with Gasteiger partial charge in [-0.1, -0.05) is 16.7 Å². The fourth-order valence-corrected chi connectivity index (χ4v) is 2.35. The number of hydrogen-bond acceptors (Lipinski definition) is 6. The molecule has 1 aromatic heterocycles. The fraction of sp³-hybridized carbons (Fsp3) is 0.308. The van der Waals surface area contributed by atoms with Crippen LogP contribution in [0.25, 0.3) is 0 Å². The van der Waals surface area contributed by atoms with E-state index in [0.29, 0.717) is 10.9 Å². The third-order valence-corrected chi connectivity index (χ3v) is 3.46. The number of carbonyl (C=O) groups is 1. The van der Waals surface area contributed by atoms with E-state index < -0.39 is 5.91 Å². The van der Waals surface area contributed by atoms with Gasteiger partial charge in [-0.3, -0.25) is 10.1 Å². The van der Waals surface area contributed by atoms with Gasteiger partial charge < -0.3 is 14.8 Å². The molecular formula is C13H13ClN4O3. The van der Waals surface area contributed by atoms with Gasteiger partial charge in [0.25, 0.3) is 5.91 Å². The number of nitrogens with zero attached hydrogens (tertiary/aromatic N) is 2. The summed E-state index contributed by atoms with van der Waals surface area (Å²) in [4.78, 5) is 12.0. The Hall–Kier alpha value is -2.12. The molecule has 8 heteroatoms. The van der Waals surface area contributed by atoms with Crippen LogP contribution in [0, 0.1) is 0 Å². The van der Waals surface area contributed by atoms with Gasteiger partial charge in [-0.25, -0.2) is 0 Å². The lowest BCUT2D eigenvalue weighted by Gasteiger charge is -2.04. The normalized spacial score (nSPS) is 17.9. The molecule has 1 aromatic carbocycles. The lowest BCUT2D eigenvalue weighted by Crippen LogP contribution is -2.13. The van der Waals surface area contributed by atoms with Crippen LogP contribution in [-0.4, -0.2) is 27.8 Å². The quantitative estimate of drug-likeness (QED) is 0.803. The molecule has 7 nitrogen and oxygen atoms in total. The van der Waals surface area contributed by atoms with Gasteiger partial charge in [0.05, 0.1) is 11.6 Å². The number of anilines is 1. The van der Waals surface area contributed by atoms with E-state index >= 15 is 0 Å². The van der Waals surface area contributed by atoms with Crippen molar-refractivity contribution < 1.29 is 14.3 Å². The maximum absolute atomic E-state index is 12.0. The van der Waals surface area contributed by atoms with Gasteiger partial charge in [-0.2, -0.15) is 0 Å². The number of phenolic OH excluding ortho intramolecular Hbond substituents is 1. The number of nitrogens with one attached hydrogen (secondary N) is 2. The average Bonchev–Trinajstić information content (AvgIpc) is 3.11. The first kappa shape index (κ1) is 13.8. The fourth-order valence-electron chi connectivity index (χ4n) is 2.18. The molecule has 3 rings (SSSR count). The zero-order valence-electron chi connectivity index (χ0n) is 11.0. The predicted octanol–water partition coefficient (Wildman–Crippen LogP) is 2.11. The summed E-state index contributed by atoms with van der Waals surface area (Å²) in [6.07, 6.45) is 1.97. The van der Waals surface area contributed by atoms with Crippen molar-refractivity contribution in [2.24, 2.45) is 0 Å². The van der Waals surface area contributed by atoms with Gasteiger partial charge in [-0.05, 0) is 37.6 Å². The maximum Gasteiger partial charge on any atom is 0.322 e. The number of rotatable bonds is 3. The number of carbonyl (C=O) groups excluding carboxylic acids is 1. The molecule has 0 spiro atoms. The molecular weight excluding hydrogens is 296 g/mol. The molecule has 1 fully saturated rings. The van der Waals surface area contributed by atoms with E-state index in [0.717, 1.165) is 19.4 Å². The van der Waals surface area contributed by atoms with Crippen LogP contribution in [0.2, 0.25) is 5.02 Å². The number of halogens is 1. The molecule has 21 heavy (non-hydrogen) atoms. The number of phenols is 1. The van der Waals surface area contributed by atoms with Gasteiger partial charge in [0, 0.05) is 5.02 Å². The maximum atomic E-state index is 12.0. The highest BCUT2D eigenvalue weighted by atomic mass is 35.5. The molecule has 0 aliphatic carbocycles. The number of aromatic nitrogens is 2. The van der Waals surface area contributed by atoms with E-state index in [9.17, 15) is 9.90 Å². The van der Waals surface area contributed by atoms with E-state index in [2.05, 4.69) is 20.8 Å². The summed E-state index contributed by atoms with van der Waals surface area (Å²) in [7, 11) is 0. The van der Waals surface area contributed by atoms with Crippen molar-refractivity contribution in [1.82, 2.24) is 15.5 Å². The Balaban J connectivity index is 1.74. The van der Waals surface area contributed by atoms with Crippen molar-refractivity contribution in [3.05, 3.63) is 34.7 Å². The topological polar surface area (TPSA) is 100 Å². The summed E-state index contributed by atoms with van der Waals surface area (Å²) in [5, 5.41) is 23.4. The smallest absolute Gasteiger partial charge is 0.322 e. The number of aromatic hydroxyl groups is 1. The summed E-state index contributed by atoms with van der Waals surface area (Å²) < 4.78 is 5.40. The second-order valence-corrected chi connectivity index (χ2v) is 5.15. The van der Waals surface area contributed by atoms with Crippen LogP contribution in [-0.2, 0) is 0 Å². The first-order valence-corrected chi connectivity index (χ1v) is 6.88. The molecule has 0 radical (unpaired) electrons. The molecule has 0 bridgehead atoms. The van der Waals surface area contributed by atoms with Crippen LogP contribution >= 0.6 is 11.6 Å². The number of benzene rings is 1. The van der Waals surface area contributed by atoms with Gasteiger partial charge >= 0.3 is 6.01 Å². The van der Waals surface area contributed by atoms with Gasteiger partial charge in [0.15, 0.2) is 0 Å². The molecule has 3 N–H and O–H groups in total. The molecule has 1 unspecified atom stereocenters. The lowest BCUT2D eigenvalue weighted by atomic mass is 10.2. The molecule has 0 saturated carbocycles. The van der Waals surface area contributed by atoms with Crippen molar-refractivity contribution in [2.75, 3.05) is 11.9 Å². The Kier molecular flexibility index (Phi) is 3.76. The van der Waals surface area contributed by atoms with E-state index in [-0.39, 0.29) is 23.4 Å². The summed E-state index contributed by atoms with van der Waals surface area (Å²) >= 11 is 5.80. The minimum absolute atomic E-state index is 0.0110. The van der Waals surface area contributed by atoms with Crippen molar-refractivity contribution in [3.8, 4) is 5.75 Å². The predicted molar refractivity (Wildman–Crippen MR) is 75.3 cm³/mol. The Morgan fingerprint density at radius 1 is 1.48 bits per heavy atom. The average molecular weight is 309 g/mol. The van der Waals surface area contributed by atoms with E-state index in [1.54, 1.807) is 0 Å². The molecule has 1 amide bonds. The zero-order valence-corrected chi connectivity index (χ0v) is 11.7. The Morgan fingerprint density at radius 2 is 2.33 bits per heavy atom. The highest BCUT2D eigenvalue weighted by Crippen LogP contribution is 2.25. The largest absolute Gasteiger partial charge is 0.507 e. The first-order valence-electron chi connectivity index (χ1n) is 6.50. The van der Waals surface area contributed by atoms with Crippen LogP contribution in [0.5, 0.6) is 5.75 Å². The molecule has 110 valence electrons. The summed E-state index contributed by atoms with van der Waals surface area (Å²) in [6, 6.07) is 4.22. The van der Waals surface area contributed by atoms with Crippen LogP contribution in [0.3, 0.4) is 0 Å². The van der Waals surface area contributed by atoms with Crippen molar-refractivity contribution in [1.29, 1.82) is 0 Å². The zero-order chi connectivity index (χ0) is 14.8. The Labute approximate surface area is 125 Å². The van der Waals surface area contributed by atoms with E-state index in [1.807, 2.05) is 0 Å². The van der Waals surface area contributed by atoms with Gasteiger partial charge in [0.2, 0.25) is 5.89 Å². The summed E-state index contributed by atoms with van der Waals surface area (Å²) in [5.74, 6) is -0.295. The minimum Gasteiger partial charge on any atom is -0.507 e. The van der Waals surface area contributed by atoms with Crippen LogP contribution in [0.4, 0.5) is 6.01 Å². The lowest BCUT2D eigenvalue weighted by molar-refractivity contribution is 0.102. The molecule has 1 atom stereocenters. The molecule has 1 saturated heterocycles. The van der Waals surface area contributed by atoms with Gasteiger partial charge in [-0.15, -0.1) is 5.10 Å². The first-order chi connectivity index (χ1) is 10.1. The van der Waals surface area contributed by atoms with Crippen molar-refractivity contribution in [3.63, 3.8) is 0 Å². The number of amides is 1. The third-order valence-electron chi connectivity index (χ3n) is 3.22. The SMILES string of the molecule is O=C(Nc1nnc(C2CCCN2)o1)c1cc(Cl)ccc1O. The van der Waals surface area contributed by atoms with Crippen molar-refractivity contribution >= 4 is 23.5 Å². The summed E-state index contributed by atoms with van der Waals surface area (Å²) in [6.45, 7) is 0.908. The number of hydrogen-bond donors (Lipinski definition) is 3. The van der Waals surface area contributed by atoms with E-state index in [1.165, 1.54) is 18.2 Å². The summed E-state index contributed by atoms with van der Waals surface area (Å²) in [5.41, 5.74) is 0.0428. The molecule has 1 aliphatic rings. The van der Waals surface area contributed by atoms with Crippen LogP contribution < -0.4 is 10.6 Å². The second-order valence-electron chi connectivity index (χ2n) is 4.71. The molecule has 2 heterocycles. The molecule has 2 aromatic rings. The van der Waals surface area contributed by atoms with Crippen LogP contribution in [0.1, 0.15) is 35.1 Å². The highest BCUT2D eigenvalue weighted by molar-refractivity contribution is 6.31. The Morgan fingerprint density at radius 3 is 3.10 bits per heavy atom. The molecule has 1 aliphatic heterocycles. The Bertz CT molecular complexity index is 667. The monoisotopic (exact) mass is 308 g/mol. The highest BCUT2D eigenvalue weighted by Gasteiger charge is 2.23. The van der Waals surface area contributed by atoms with E-state index in [4.69, 9.17) is 16.0 Å². The minimum atomic E-state index is -0.565. The second kappa shape index (κ2) is 5.71. The van der Waals surface area contributed by atoms with Crippen LogP contribution in [0.15, 0.2) is 22.6 Å². The van der Waals surface area contributed by atoms with Crippen molar-refractivity contribution in [2.45, 2.75) is 18.9 Å². The standard InChI is InChI=1S/C13H13ClN4O3/c14-7-3-4-10(19)8(6-7)11(20)16-13-18-17-12(21-13)9-2-1-5-15-9/h3-4,6,9,15,19H,1-2,5H2,(H,16,18,20). The third kappa shape index (κ3) is 2.98.